The number of thioether (sulfide) groups is 1. The Kier molecular flexibility index (Phi) is 4.66. The highest BCUT2D eigenvalue weighted by Crippen LogP contribution is 2.29. The van der Waals surface area contributed by atoms with E-state index < -0.39 is 0 Å². The van der Waals surface area contributed by atoms with E-state index in [1.807, 2.05) is 48.7 Å². The number of carbonyl (C=O) groups excluding carboxylic acids is 1. The van der Waals surface area contributed by atoms with E-state index in [0.29, 0.717) is 5.16 Å². The zero-order valence-corrected chi connectivity index (χ0v) is 14.4. The fourth-order valence-corrected chi connectivity index (χ4v) is 3.13. The van der Waals surface area contributed by atoms with Gasteiger partial charge in [0.1, 0.15) is 0 Å². The van der Waals surface area contributed by atoms with Crippen LogP contribution in [0.4, 0.5) is 0 Å². The minimum Gasteiger partial charge on any atom is -0.369 e. The number of nitrogens with two attached hydrogens (primary N) is 1. The van der Waals surface area contributed by atoms with E-state index in [9.17, 15) is 4.79 Å². The van der Waals surface area contributed by atoms with Crippen LogP contribution in [0, 0.1) is 13.8 Å². The van der Waals surface area contributed by atoms with Crippen molar-refractivity contribution in [3.05, 3.63) is 59.7 Å². The summed E-state index contributed by atoms with van der Waals surface area (Å²) in [6.07, 6.45) is 0. The van der Waals surface area contributed by atoms with Gasteiger partial charge >= 0.3 is 0 Å². The van der Waals surface area contributed by atoms with Crippen LogP contribution in [-0.2, 0) is 4.79 Å². The molecule has 24 heavy (non-hydrogen) atoms. The molecule has 0 spiro atoms. The molecule has 1 amide bonds. The molecule has 0 fully saturated rings. The Morgan fingerprint density at radius 3 is 2.58 bits per heavy atom. The van der Waals surface area contributed by atoms with Gasteiger partial charge in [0.05, 0.1) is 11.4 Å². The maximum absolute atomic E-state index is 11.2. The van der Waals surface area contributed by atoms with Crippen LogP contribution in [-0.4, -0.2) is 26.4 Å². The zero-order valence-electron chi connectivity index (χ0n) is 13.6. The summed E-state index contributed by atoms with van der Waals surface area (Å²) < 4.78 is 1.99. The fraction of sp³-hybridized carbons (Fsp3) is 0.167. The van der Waals surface area contributed by atoms with Crippen LogP contribution in [0.15, 0.2) is 53.7 Å². The van der Waals surface area contributed by atoms with Crippen LogP contribution in [0.1, 0.15) is 11.1 Å². The number of aromatic nitrogens is 3. The molecule has 3 aromatic rings. The van der Waals surface area contributed by atoms with Gasteiger partial charge < -0.3 is 5.73 Å². The first-order valence-corrected chi connectivity index (χ1v) is 8.54. The molecule has 0 atom stereocenters. The highest BCUT2D eigenvalue weighted by molar-refractivity contribution is 7.99. The van der Waals surface area contributed by atoms with E-state index >= 15 is 0 Å². The third-order valence-corrected chi connectivity index (χ3v) is 4.57. The Hall–Kier alpha value is -2.60. The van der Waals surface area contributed by atoms with E-state index in [4.69, 9.17) is 5.73 Å². The van der Waals surface area contributed by atoms with Gasteiger partial charge in [-0.2, -0.15) is 0 Å². The molecule has 122 valence electrons. The van der Waals surface area contributed by atoms with Crippen LogP contribution in [0.2, 0.25) is 0 Å². The van der Waals surface area contributed by atoms with Gasteiger partial charge in [-0.3, -0.25) is 9.36 Å². The summed E-state index contributed by atoms with van der Waals surface area (Å²) in [5.74, 6) is 0.533. The second-order valence-electron chi connectivity index (χ2n) is 5.55. The predicted molar refractivity (Wildman–Crippen MR) is 96.2 cm³/mol. The number of hydrogen-bond acceptors (Lipinski definition) is 4. The molecule has 0 unspecified atom stereocenters. The summed E-state index contributed by atoms with van der Waals surface area (Å²) in [5.41, 5.74) is 9.52. The lowest BCUT2D eigenvalue weighted by molar-refractivity contribution is -0.115. The quantitative estimate of drug-likeness (QED) is 0.725. The fourth-order valence-electron chi connectivity index (χ4n) is 2.45. The van der Waals surface area contributed by atoms with Crippen LogP contribution < -0.4 is 5.73 Å². The minimum absolute atomic E-state index is 0.164. The number of carbonyl (C=O) groups is 1. The van der Waals surface area contributed by atoms with Crippen molar-refractivity contribution in [3.63, 3.8) is 0 Å². The normalized spacial score (nSPS) is 10.8. The van der Waals surface area contributed by atoms with E-state index in [1.165, 1.54) is 11.8 Å². The van der Waals surface area contributed by atoms with Crippen molar-refractivity contribution in [3.8, 4) is 17.1 Å². The van der Waals surface area contributed by atoms with E-state index in [-0.39, 0.29) is 11.7 Å². The lowest BCUT2D eigenvalue weighted by Crippen LogP contribution is -2.14. The molecule has 0 bridgehead atoms. The molecule has 0 saturated heterocycles. The number of rotatable bonds is 5. The Bertz CT molecular complexity index is 874. The molecule has 2 N–H and O–H groups in total. The van der Waals surface area contributed by atoms with E-state index in [1.54, 1.807) is 0 Å². The molecule has 6 heteroatoms. The molecule has 1 heterocycles. The van der Waals surface area contributed by atoms with Gasteiger partial charge in [-0.05, 0) is 31.0 Å². The molecule has 0 saturated carbocycles. The SMILES string of the molecule is Cc1ccc(C)c(-n2c(SCC(N)=O)nnc2-c2ccccc2)c1. The first kappa shape index (κ1) is 16.3. The number of benzene rings is 2. The first-order valence-electron chi connectivity index (χ1n) is 7.56. The first-order chi connectivity index (χ1) is 11.6. The van der Waals surface area contributed by atoms with Gasteiger partial charge in [-0.15, -0.1) is 10.2 Å². The zero-order chi connectivity index (χ0) is 17.1. The van der Waals surface area contributed by atoms with Crippen LogP contribution in [0.3, 0.4) is 0 Å². The standard InChI is InChI=1S/C18H18N4OS/c1-12-8-9-13(2)15(10-12)22-17(14-6-4-3-5-7-14)20-21-18(22)24-11-16(19)23/h3-10H,11H2,1-2H3,(H2,19,23). The average molecular weight is 338 g/mol. The second kappa shape index (κ2) is 6.88. The summed E-state index contributed by atoms with van der Waals surface area (Å²) in [7, 11) is 0. The number of hydrogen-bond donors (Lipinski definition) is 1. The summed E-state index contributed by atoms with van der Waals surface area (Å²) >= 11 is 1.29. The third-order valence-electron chi connectivity index (χ3n) is 3.61. The summed E-state index contributed by atoms with van der Waals surface area (Å²) in [6, 6.07) is 16.1. The lowest BCUT2D eigenvalue weighted by Gasteiger charge is -2.13. The van der Waals surface area contributed by atoms with Crippen molar-refractivity contribution in [1.29, 1.82) is 0 Å². The van der Waals surface area contributed by atoms with Gasteiger partial charge in [0, 0.05) is 5.56 Å². The third kappa shape index (κ3) is 3.33. The molecule has 0 aliphatic rings. The van der Waals surface area contributed by atoms with Crippen molar-refractivity contribution in [1.82, 2.24) is 14.8 Å². The Morgan fingerprint density at radius 1 is 1.12 bits per heavy atom. The topological polar surface area (TPSA) is 73.8 Å². The van der Waals surface area contributed by atoms with Gasteiger partial charge in [0.25, 0.3) is 0 Å². The summed E-state index contributed by atoms with van der Waals surface area (Å²) in [6.45, 7) is 4.10. The van der Waals surface area contributed by atoms with Crippen molar-refractivity contribution in [2.75, 3.05) is 5.75 Å². The van der Waals surface area contributed by atoms with Gasteiger partial charge in [-0.25, -0.2) is 0 Å². The molecule has 0 aliphatic heterocycles. The Balaban J connectivity index is 2.17. The van der Waals surface area contributed by atoms with Crippen molar-refractivity contribution < 1.29 is 4.79 Å². The van der Waals surface area contributed by atoms with Crippen LogP contribution in [0.5, 0.6) is 0 Å². The van der Waals surface area contributed by atoms with Crippen molar-refractivity contribution in [2.45, 2.75) is 19.0 Å². The summed E-state index contributed by atoms with van der Waals surface area (Å²) in [5, 5.41) is 9.29. The van der Waals surface area contributed by atoms with Crippen molar-refractivity contribution in [2.24, 2.45) is 5.73 Å². The molecular weight excluding hydrogens is 320 g/mol. The Labute approximate surface area is 144 Å². The number of aryl methyl sites for hydroxylation is 2. The smallest absolute Gasteiger partial charge is 0.227 e. The molecule has 5 nitrogen and oxygen atoms in total. The largest absolute Gasteiger partial charge is 0.369 e. The van der Waals surface area contributed by atoms with Crippen LogP contribution >= 0.6 is 11.8 Å². The van der Waals surface area contributed by atoms with Gasteiger partial charge in [-0.1, -0.05) is 54.2 Å². The van der Waals surface area contributed by atoms with Gasteiger partial charge in [0.15, 0.2) is 11.0 Å². The lowest BCUT2D eigenvalue weighted by atomic mass is 10.1. The maximum Gasteiger partial charge on any atom is 0.227 e. The molecule has 2 aromatic carbocycles. The number of nitrogens with zero attached hydrogens (tertiary/aromatic N) is 3. The average Bonchev–Trinajstić information content (AvgIpc) is 2.99. The molecule has 1 aromatic heterocycles. The highest BCUT2D eigenvalue weighted by atomic mass is 32.2. The maximum atomic E-state index is 11.2. The predicted octanol–water partition coefficient (Wildman–Crippen LogP) is 3.13. The molecule has 0 aliphatic carbocycles. The molecular formula is C18H18N4OS. The Morgan fingerprint density at radius 2 is 1.88 bits per heavy atom. The monoisotopic (exact) mass is 338 g/mol. The molecule has 0 radical (unpaired) electrons. The van der Waals surface area contributed by atoms with E-state index in [2.05, 4.69) is 28.4 Å². The second-order valence-corrected chi connectivity index (χ2v) is 6.50. The minimum atomic E-state index is -0.378. The highest BCUT2D eigenvalue weighted by Gasteiger charge is 2.18. The summed E-state index contributed by atoms with van der Waals surface area (Å²) in [4.78, 5) is 11.2. The number of amides is 1. The van der Waals surface area contributed by atoms with E-state index in [0.717, 1.165) is 28.2 Å². The molecule has 3 rings (SSSR count). The van der Waals surface area contributed by atoms with Gasteiger partial charge in [0.2, 0.25) is 5.91 Å². The van der Waals surface area contributed by atoms with Crippen LogP contribution in [0.25, 0.3) is 17.1 Å². The number of primary amides is 1. The van der Waals surface area contributed by atoms with Crippen molar-refractivity contribution >= 4 is 17.7 Å².